The van der Waals surface area contributed by atoms with Gasteiger partial charge in [-0.2, -0.15) is 0 Å². The third-order valence-corrected chi connectivity index (χ3v) is 5.08. The summed E-state index contributed by atoms with van der Waals surface area (Å²) in [5, 5.41) is 2.93. The van der Waals surface area contributed by atoms with Gasteiger partial charge in [0.15, 0.2) is 5.82 Å². The minimum atomic E-state index is -0.0813. The zero-order valence-electron chi connectivity index (χ0n) is 16.4. The Labute approximate surface area is 165 Å². The number of carbonyl (C=O) groups is 1. The number of aromatic nitrogens is 2. The first kappa shape index (κ1) is 18.2. The molecule has 2 aromatic carbocycles. The van der Waals surface area contributed by atoms with E-state index in [4.69, 9.17) is 14.7 Å². The minimum Gasteiger partial charge on any atom is -0.497 e. The highest BCUT2D eigenvalue weighted by Gasteiger charge is 2.21. The lowest BCUT2D eigenvalue weighted by Gasteiger charge is -2.20. The highest BCUT2D eigenvalue weighted by Crippen LogP contribution is 2.34. The largest absolute Gasteiger partial charge is 0.497 e. The summed E-state index contributed by atoms with van der Waals surface area (Å²) in [6.45, 7) is 1.88. The molecule has 5 nitrogen and oxygen atoms in total. The van der Waals surface area contributed by atoms with Crippen LogP contribution < -0.4 is 15.5 Å². The summed E-state index contributed by atoms with van der Waals surface area (Å²) in [6.07, 6.45) is 2.00. The number of nitrogens with one attached hydrogen (secondary N) is 1. The van der Waals surface area contributed by atoms with Crippen molar-refractivity contribution in [1.29, 1.82) is 0 Å². The van der Waals surface area contributed by atoms with Crippen molar-refractivity contribution in [2.45, 2.75) is 26.2 Å². The second-order valence-corrected chi connectivity index (χ2v) is 7.19. The molecule has 0 aliphatic heterocycles. The Morgan fingerprint density at radius 1 is 1.14 bits per heavy atom. The van der Waals surface area contributed by atoms with E-state index >= 15 is 0 Å². The first-order valence-electron chi connectivity index (χ1n) is 9.43. The van der Waals surface area contributed by atoms with E-state index in [1.807, 2.05) is 51.2 Å². The molecule has 140 valence electrons. The van der Waals surface area contributed by atoms with Crippen LogP contribution in [0.4, 0.5) is 5.82 Å². The Hall–Kier alpha value is -3.15. The molecule has 4 rings (SSSR count). The molecule has 1 aliphatic rings. The average Bonchev–Trinajstić information content (AvgIpc) is 2.70. The van der Waals surface area contributed by atoms with Crippen molar-refractivity contribution in [1.82, 2.24) is 9.97 Å². The number of ether oxygens (including phenoxy) is 1. The smallest absolute Gasteiger partial charge is 0.229 e. The van der Waals surface area contributed by atoms with Gasteiger partial charge in [0.25, 0.3) is 0 Å². The van der Waals surface area contributed by atoms with E-state index in [1.54, 1.807) is 7.11 Å². The van der Waals surface area contributed by atoms with Gasteiger partial charge in [0.2, 0.25) is 5.91 Å². The molecule has 3 aromatic rings. The summed E-state index contributed by atoms with van der Waals surface area (Å²) in [5.74, 6) is 1.32. The van der Waals surface area contributed by atoms with Gasteiger partial charge >= 0.3 is 0 Å². The third-order valence-electron chi connectivity index (χ3n) is 5.08. The molecule has 0 spiro atoms. The molecular weight excluding hydrogens is 349 g/mol. The molecule has 1 N–H and O–H groups in total. The third kappa shape index (κ3) is 3.63. The maximum atomic E-state index is 12.5. The van der Waals surface area contributed by atoms with E-state index in [9.17, 15) is 4.79 Å². The van der Waals surface area contributed by atoms with Crippen LogP contribution in [0.2, 0.25) is 0 Å². The van der Waals surface area contributed by atoms with Crippen LogP contribution in [0.25, 0.3) is 11.3 Å². The fourth-order valence-corrected chi connectivity index (χ4v) is 3.52. The van der Waals surface area contributed by atoms with Crippen LogP contribution in [0.15, 0.2) is 42.5 Å². The second kappa shape index (κ2) is 7.47. The molecule has 1 heterocycles. The quantitative estimate of drug-likeness (QED) is 0.713. The molecule has 0 bridgehead atoms. The lowest BCUT2D eigenvalue weighted by atomic mass is 9.91. The van der Waals surface area contributed by atoms with E-state index in [0.29, 0.717) is 12.2 Å². The summed E-state index contributed by atoms with van der Waals surface area (Å²) in [7, 11) is 3.71. The number of anilines is 1. The molecule has 0 unspecified atom stereocenters. The number of amides is 1. The second-order valence-electron chi connectivity index (χ2n) is 7.19. The number of fused-ring (bicyclic) bond motifs is 3. The lowest BCUT2D eigenvalue weighted by molar-refractivity contribution is -0.115. The SMILES string of the molecule is Bc1ccc(CC(=O)Nc2nc3c(nc2C)-c2ccc(OC)cc2CC3)cc1. The molecule has 0 saturated heterocycles. The summed E-state index contributed by atoms with van der Waals surface area (Å²) >= 11 is 0. The number of hydrogen-bond donors (Lipinski definition) is 1. The molecule has 0 fully saturated rings. The Kier molecular flexibility index (Phi) is 4.86. The summed E-state index contributed by atoms with van der Waals surface area (Å²) < 4.78 is 5.33. The van der Waals surface area contributed by atoms with Crippen molar-refractivity contribution in [2.24, 2.45) is 0 Å². The van der Waals surface area contributed by atoms with Crippen LogP contribution >= 0.6 is 0 Å². The summed E-state index contributed by atoms with van der Waals surface area (Å²) in [5.41, 5.74) is 7.02. The van der Waals surface area contributed by atoms with E-state index in [1.165, 1.54) is 11.0 Å². The Balaban J connectivity index is 1.57. The van der Waals surface area contributed by atoms with Crippen LogP contribution in [0.3, 0.4) is 0 Å². The standard InChI is InChI=1S/C22H22BN3O2/c1-13-22(26-20(27)11-14-3-6-16(23)7-4-14)25-19-10-5-15-12-17(28-2)8-9-18(15)21(19)24-13/h3-4,6-9,12H,5,10-11,23H2,1-2H3,(H,25,26,27). The van der Waals surface area contributed by atoms with Gasteiger partial charge in [-0.1, -0.05) is 29.7 Å². The molecule has 1 amide bonds. The van der Waals surface area contributed by atoms with Gasteiger partial charge in [-0.05, 0) is 49.1 Å². The van der Waals surface area contributed by atoms with E-state index in [2.05, 4.69) is 11.4 Å². The first-order chi connectivity index (χ1) is 13.5. The Morgan fingerprint density at radius 3 is 2.68 bits per heavy atom. The number of aryl methyl sites for hydroxylation is 3. The number of methoxy groups -OCH3 is 1. The Morgan fingerprint density at radius 2 is 1.93 bits per heavy atom. The average molecular weight is 371 g/mol. The van der Waals surface area contributed by atoms with E-state index in [0.717, 1.165) is 46.8 Å². The number of benzene rings is 2. The zero-order chi connectivity index (χ0) is 19.7. The summed E-state index contributed by atoms with van der Waals surface area (Å²) in [4.78, 5) is 22.0. The van der Waals surface area contributed by atoms with Crippen molar-refractivity contribution in [2.75, 3.05) is 12.4 Å². The van der Waals surface area contributed by atoms with Gasteiger partial charge in [0.05, 0.1) is 30.6 Å². The molecular formula is C22H22BN3O2. The van der Waals surface area contributed by atoms with Crippen LogP contribution in [0, 0.1) is 6.92 Å². The molecule has 0 saturated carbocycles. The molecule has 0 radical (unpaired) electrons. The highest BCUT2D eigenvalue weighted by molar-refractivity contribution is 6.32. The van der Waals surface area contributed by atoms with Crippen LogP contribution in [-0.4, -0.2) is 30.8 Å². The van der Waals surface area contributed by atoms with Gasteiger partial charge in [-0.3, -0.25) is 4.79 Å². The normalized spacial score (nSPS) is 12.1. The zero-order valence-corrected chi connectivity index (χ0v) is 16.4. The number of hydrogen-bond acceptors (Lipinski definition) is 4. The van der Waals surface area contributed by atoms with E-state index in [-0.39, 0.29) is 5.91 Å². The van der Waals surface area contributed by atoms with Crippen molar-refractivity contribution in [3.05, 3.63) is 65.0 Å². The minimum absolute atomic E-state index is 0.0813. The highest BCUT2D eigenvalue weighted by atomic mass is 16.5. The fraction of sp³-hybridized carbons (Fsp3) is 0.227. The molecule has 1 aromatic heterocycles. The van der Waals surface area contributed by atoms with Crippen molar-refractivity contribution >= 4 is 25.0 Å². The van der Waals surface area contributed by atoms with Gasteiger partial charge < -0.3 is 10.1 Å². The summed E-state index contributed by atoms with van der Waals surface area (Å²) in [6, 6.07) is 14.0. The number of rotatable bonds is 4. The van der Waals surface area contributed by atoms with Crippen LogP contribution in [0.1, 0.15) is 22.5 Å². The molecule has 28 heavy (non-hydrogen) atoms. The maximum Gasteiger partial charge on any atom is 0.229 e. The molecule has 1 aliphatic carbocycles. The van der Waals surface area contributed by atoms with Crippen LogP contribution in [0.5, 0.6) is 5.75 Å². The van der Waals surface area contributed by atoms with Gasteiger partial charge in [0, 0.05) is 5.56 Å². The molecule has 6 heteroatoms. The fourth-order valence-electron chi connectivity index (χ4n) is 3.52. The lowest BCUT2D eigenvalue weighted by Crippen LogP contribution is -2.19. The monoisotopic (exact) mass is 371 g/mol. The van der Waals surface area contributed by atoms with Crippen molar-refractivity contribution in [3.63, 3.8) is 0 Å². The first-order valence-corrected chi connectivity index (χ1v) is 9.43. The predicted octanol–water partition coefficient (Wildman–Crippen LogP) is 2.00. The van der Waals surface area contributed by atoms with Crippen molar-refractivity contribution < 1.29 is 9.53 Å². The van der Waals surface area contributed by atoms with E-state index < -0.39 is 0 Å². The van der Waals surface area contributed by atoms with Gasteiger partial charge in [0.1, 0.15) is 13.6 Å². The Bertz CT molecular complexity index is 1050. The number of carbonyl (C=O) groups excluding carboxylic acids is 1. The topological polar surface area (TPSA) is 64.1 Å². The van der Waals surface area contributed by atoms with Gasteiger partial charge in [-0.15, -0.1) is 0 Å². The number of nitrogens with zero attached hydrogens (tertiary/aromatic N) is 2. The maximum absolute atomic E-state index is 12.5. The predicted molar refractivity (Wildman–Crippen MR) is 113 cm³/mol. The van der Waals surface area contributed by atoms with Crippen molar-refractivity contribution in [3.8, 4) is 17.0 Å². The molecule has 0 atom stereocenters. The van der Waals surface area contributed by atoms with Crippen LogP contribution in [-0.2, 0) is 24.1 Å². The van der Waals surface area contributed by atoms with Gasteiger partial charge in [-0.25, -0.2) is 9.97 Å².